The van der Waals surface area contributed by atoms with Gasteiger partial charge in [-0.25, -0.2) is 4.98 Å². The van der Waals surface area contributed by atoms with E-state index in [1.165, 1.54) is 11.3 Å². The highest BCUT2D eigenvalue weighted by molar-refractivity contribution is 7.15. The van der Waals surface area contributed by atoms with Crippen molar-refractivity contribution in [1.82, 2.24) is 4.98 Å². The first-order valence-electron chi connectivity index (χ1n) is 7.67. The average molecular weight is 345 g/mol. The van der Waals surface area contributed by atoms with Crippen LogP contribution in [0.3, 0.4) is 0 Å². The van der Waals surface area contributed by atoms with Gasteiger partial charge in [-0.05, 0) is 26.0 Å². The number of benzene rings is 1. The minimum Gasteiger partial charge on any atom is -0.497 e. The van der Waals surface area contributed by atoms with Gasteiger partial charge in [-0.15, -0.1) is 11.3 Å². The Hall–Kier alpha value is -2.41. The predicted octanol–water partition coefficient (Wildman–Crippen LogP) is 2.76. The summed E-state index contributed by atoms with van der Waals surface area (Å²) in [6.45, 7) is 4.23. The Balaban J connectivity index is 1.70. The summed E-state index contributed by atoms with van der Waals surface area (Å²) in [5.41, 5.74) is 1.66. The zero-order valence-electron chi connectivity index (χ0n) is 13.8. The van der Waals surface area contributed by atoms with Crippen LogP contribution in [0.1, 0.15) is 17.0 Å². The number of hydrogen-bond donors (Lipinski definition) is 1. The van der Waals surface area contributed by atoms with E-state index < -0.39 is 0 Å². The van der Waals surface area contributed by atoms with Crippen LogP contribution in [0.15, 0.2) is 24.3 Å². The van der Waals surface area contributed by atoms with Crippen LogP contribution in [0.5, 0.6) is 5.75 Å². The van der Waals surface area contributed by atoms with Gasteiger partial charge >= 0.3 is 0 Å². The molecular formula is C17H19N3O3S. The third-order valence-corrected chi connectivity index (χ3v) is 5.11. The van der Waals surface area contributed by atoms with Crippen LogP contribution in [0.25, 0.3) is 0 Å². The summed E-state index contributed by atoms with van der Waals surface area (Å²) in [6, 6.07) is 7.29. The normalized spacial score (nSPS) is 17.2. The summed E-state index contributed by atoms with van der Waals surface area (Å²) < 4.78 is 5.19. The highest BCUT2D eigenvalue weighted by atomic mass is 32.1. The third kappa shape index (κ3) is 3.26. The van der Waals surface area contributed by atoms with Crippen molar-refractivity contribution >= 4 is 34.0 Å². The molecule has 0 spiro atoms. The van der Waals surface area contributed by atoms with Crippen LogP contribution in [0, 0.1) is 19.8 Å². The Bertz CT molecular complexity index is 768. The molecule has 0 saturated carbocycles. The highest BCUT2D eigenvalue weighted by Gasteiger charge is 2.35. The molecule has 0 unspecified atom stereocenters. The summed E-state index contributed by atoms with van der Waals surface area (Å²) in [5.74, 6) is 0.0764. The molecule has 7 heteroatoms. The van der Waals surface area contributed by atoms with E-state index in [1.54, 1.807) is 18.1 Å². The van der Waals surface area contributed by atoms with Crippen molar-refractivity contribution in [3.05, 3.63) is 34.8 Å². The number of amides is 2. The van der Waals surface area contributed by atoms with Crippen molar-refractivity contribution in [2.45, 2.75) is 20.3 Å². The highest BCUT2D eigenvalue weighted by Crippen LogP contribution is 2.29. The van der Waals surface area contributed by atoms with E-state index in [0.29, 0.717) is 17.4 Å². The molecule has 3 rings (SSSR count). The van der Waals surface area contributed by atoms with Gasteiger partial charge in [0, 0.05) is 29.6 Å². The van der Waals surface area contributed by atoms with Crippen LogP contribution in [0.4, 0.5) is 10.8 Å². The first kappa shape index (κ1) is 16.4. The van der Waals surface area contributed by atoms with E-state index in [0.717, 1.165) is 16.3 Å². The largest absolute Gasteiger partial charge is 0.497 e. The SMILES string of the molecule is COc1cccc(N2C[C@H](C(=O)Nc3nc(C)c(C)s3)CC2=O)c1. The van der Waals surface area contributed by atoms with Crippen LogP contribution < -0.4 is 15.0 Å². The van der Waals surface area contributed by atoms with Gasteiger partial charge in [-0.2, -0.15) is 0 Å². The molecule has 2 heterocycles. The van der Waals surface area contributed by atoms with Crippen LogP contribution >= 0.6 is 11.3 Å². The number of ether oxygens (including phenoxy) is 1. The molecule has 2 aromatic rings. The molecule has 1 fully saturated rings. The molecule has 0 aliphatic carbocycles. The van der Waals surface area contributed by atoms with Gasteiger partial charge in [0.1, 0.15) is 5.75 Å². The number of rotatable bonds is 4. The zero-order chi connectivity index (χ0) is 17.3. The van der Waals surface area contributed by atoms with E-state index >= 15 is 0 Å². The molecule has 1 aliphatic heterocycles. The number of methoxy groups -OCH3 is 1. The van der Waals surface area contributed by atoms with E-state index in [1.807, 2.05) is 32.0 Å². The van der Waals surface area contributed by atoms with E-state index in [2.05, 4.69) is 10.3 Å². The fraction of sp³-hybridized carbons (Fsp3) is 0.353. The number of carbonyl (C=O) groups is 2. The van der Waals surface area contributed by atoms with Crippen molar-refractivity contribution in [1.29, 1.82) is 0 Å². The maximum Gasteiger partial charge on any atom is 0.231 e. The first-order chi connectivity index (χ1) is 11.5. The Morgan fingerprint density at radius 3 is 2.88 bits per heavy atom. The standard InChI is InChI=1S/C17H19N3O3S/c1-10-11(2)24-17(18-10)19-16(22)12-7-15(21)20(9-12)13-5-4-6-14(8-13)23-3/h4-6,8,12H,7,9H2,1-3H3,(H,18,19,22)/t12-/m1/s1. The van der Waals surface area contributed by atoms with Crippen LogP contribution in [0.2, 0.25) is 0 Å². The van der Waals surface area contributed by atoms with Gasteiger partial charge in [0.15, 0.2) is 5.13 Å². The molecule has 2 amide bonds. The maximum absolute atomic E-state index is 12.4. The van der Waals surface area contributed by atoms with Gasteiger partial charge in [0.05, 0.1) is 18.7 Å². The molecule has 24 heavy (non-hydrogen) atoms. The molecule has 1 aromatic heterocycles. The molecule has 1 atom stereocenters. The topological polar surface area (TPSA) is 71.5 Å². The number of carbonyl (C=O) groups excluding carboxylic acids is 2. The van der Waals surface area contributed by atoms with Crippen molar-refractivity contribution in [3.8, 4) is 5.75 Å². The lowest BCUT2D eigenvalue weighted by atomic mass is 10.1. The number of thiazole rings is 1. The Morgan fingerprint density at radius 1 is 1.42 bits per heavy atom. The maximum atomic E-state index is 12.4. The average Bonchev–Trinajstić information content (AvgIpc) is 3.10. The summed E-state index contributed by atoms with van der Waals surface area (Å²) in [4.78, 5) is 31.7. The molecule has 126 valence electrons. The van der Waals surface area contributed by atoms with Gasteiger partial charge in [0.25, 0.3) is 0 Å². The van der Waals surface area contributed by atoms with Gasteiger partial charge < -0.3 is 15.0 Å². The summed E-state index contributed by atoms with van der Waals surface area (Å²) in [6.07, 6.45) is 0.201. The Kier molecular flexibility index (Phi) is 4.53. The van der Waals surface area contributed by atoms with Gasteiger partial charge in [0.2, 0.25) is 11.8 Å². The van der Waals surface area contributed by atoms with Crippen molar-refractivity contribution < 1.29 is 14.3 Å². The van der Waals surface area contributed by atoms with Crippen LogP contribution in [-0.2, 0) is 9.59 Å². The summed E-state index contributed by atoms with van der Waals surface area (Å²) >= 11 is 1.45. The molecule has 0 bridgehead atoms. The van der Waals surface area contributed by atoms with E-state index in [-0.39, 0.29) is 24.2 Å². The lowest BCUT2D eigenvalue weighted by molar-refractivity contribution is -0.122. The smallest absolute Gasteiger partial charge is 0.231 e. The quantitative estimate of drug-likeness (QED) is 0.925. The van der Waals surface area contributed by atoms with Crippen molar-refractivity contribution in [3.63, 3.8) is 0 Å². The fourth-order valence-corrected chi connectivity index (χ4v) is 3.46. The molecular weight excluding hydrogens is 326 g/mol. The van der Waals surface area contributed by atoms with E-state index in [4.69, 9.17) is 4.74 Å². The monoisotopic (exact) mass is 345 g/mol. The summed E-state index contributed by atoms with van der Waals surface area (Å²) in [5, 5.41) is 3.41. The number of nitrogens with one attached hydrogen (secondary N) is 1. The minimum atomic E-state index is -0.381. The number of anilines is 2. The number of nitrogens with zero attached hydrogens (tertiary/aromatic N) is 2. The first-order valence-corrected chi connectivity index (χ1v) is 8.49. The lowest BCUT2D eigenvalue weighted by Crippen LogP contribution is -2.28. The molecule has 1 aromatic carbocycles. The number of aryl methyl sites for hydroxylation is 2. The zero-order valence-corrected chi connectivity index (χ0v) is 14.6. The van der Waals surface area contributed by atoms with Crippen LogP contribution in [-0.4, -0.2) is 30.5 Å². The van der Waals surface area contributed by atoms with Crippen molar-refractivity contribution in [2.24, 2.45) is 5.92 Å². The second-order valence-electron chi connectivity index (χ2n) is 5.76. The minimum absolute atomic E-state index is 0.0603. The molecule has 1 aliphatic rings. The second kappa shape index (κ2) is 6.60. The predicted molar refractivity (Wildman–Crippen MR) is 93.7 cm³/mol. The third-order valence-electron chi connectivity index (χ3n) is 4.12. The Morgan fingerprint density at radius 2 is 2.21 bits per heavy atom. The van der Waals surface area contributed by atoms with Gasteiger partial charge in [-0.1, -0.05) is 6.07 Å². The molecule has 0 radical (unpaired) electrons. The molecule has 1 N–H and O–H groups in total. The number of aromatic nitrogens is 1. The van der Waals surface area contributed by atoms with Gasteiger partial charge in [-0.3, -0.25) is 9.59 Å². The molecule has 1 saturated heterocycles. The molecule has 6 nitrogen and oxygen atoms in total. The number of hydrogen-bond acceptors (Lipinski definition) is 5. The summed E-state index contributed by atoms with van der Waals surface area (Å²) in [7, 11) is 1.58. The lowest BCUT2D eigenvalue weighted by Gasteiger charge is -2.17. The van der Waals surface area contributed by atoms with E-state index in [9.17, 15) is 9.59 Å². The fourth-order valence-electron chi connectivity index (χ4n) is 2.64. The van der Waals surface area contributed by atoms with Crippen molar-refractivity contribution in [2.75, 3.05) is 23.9 Å². The second-order valence-corrected chi connectivity index (χ2v) is 6.96. The Labute approximate surface area is 144 Å².